The number of hydrogen-bond acceptors (Lipinski definition) is 2. The predicted octanol–water partition coefficient (Wildman–Crippen LogP) is 2.35. The lowest BCUT2D eigenvalue weighted by molar-refractivity contribution is -0.552. The zero-order valence-corrected chi connectivity index (χ0v) is 14.5. The minimum atomic E-state index is -0.101. The van der Waals surface area contributed by atoms with Crippen LogP contribution in [0, 0.1) is 34.5 Å². The van der Waals surface area contributed by atoms with Gasteiger partial charge < -0.3 is 0 Å². The van der Waals surface area contributed by atoms with Gasteiger partial charge in [0.1, 0.15) is 0 Å². The Bertz CT molecular complexity index is 1060. The van der Waals surface area contributed by atoms with Crippen molar-refractivity contribution in [3.8, 4) is 5.69 Å². The van der Waals surface area contributed by atoms with Gasteiger partial charge in [-0.3, -0.25) is 0 Å². The molecule has 0 N–H and O–H groups in total. The van der Waals surface area contributed by atoms with Crippen LogP contribution in [0.15, 0.2) is 39.9 Å². The fourth-order valence-corrected chi connectivity index (χ4v) is 9.52. The molecule has 7 aliphatic rings. The average molecular weight is 347 g/mol. The van der Waals surface area contributed by atoms with Crippen LogP contribution in [-0.2, 0) is 0 Å². The van der Waals surface area contributed by atoms with Gasteiger partial charge in [-0.25, -0.2) is 23.5 Å². The normalized spacial score (nSPS) is 50.2. The van der Waals surface area contributed by atoms with E-state index < -0.39 is 0 Å². The van der Waals surface area contributed by atoms with Crippen molar-refractivity contribution < 1.29 is 0 Å². The first-order valence-corrected chi connectivity index (χ1v) is 10.3. The molecule has 2 spiro atoms. The van der Waals surface area contributed by atoms with Gasteiger partial charge in [0.05, 0.1) is 17.8 Å². The lowest BCUT2D eigenvalue weighted by Gasteiger charge is -3.01. The van der Waals surface area contributed by atoms with Crippen LogP contribution in [-0.4, -0.2) is 13.9 Å². The quantitative estimate of drug-likeness (QED) is 0.795. The molecule has 5 aliphatic carbocycles. The van der Waals surface area contributed by atoms with E-state index in [0.29, 0.717) is 40.4 Å². The van der Waals surface area contributed by atoms with E-state index in [4.69, 9.17) is 0 Å². The Labute approximate surface area is 150 Å². The van der Waals surface area contributed by atoms with Gasteiger partial charge in [-0.2, -0.15) is 0 Å². The smallest absolute Gasteiger partial charge is 0.245 e. The second-order valence-electron chi connectivity index (χ2n) is 9.66. The van der Waals surface area contributed by atoms with Crippen molar-refractivity contribution in [2.45, 2.75) is 44.2 Å². The monoisotopic (exact) mass is 347 g/mol. The van der Waals surface area contributed by atoms with Gasteiger partial charge in [0.15, 0.2) is 0 Å². The molecular weight excluding hydrogens is 326 g/mol. The van der Waals surface area contributed by atoms with Crippen molar-refractivity contribution in [2.75, 3.05) is 0 Å². The second-order valence-corrected chi connectivity index (χ2v) is 9.66. The van der Waals surface area contributed by atoms with E-state index in [1.165, 1.54) is 36.7 Å². The van der Waals surface area contributed by atoms with Gasteiger partial charge >= 0.3 is 11.4 Å². The molecule has 5 saturated carbocycles. The Morgan fingerprint density at radius 1 is 0.769 bits per heavy atom. The highest BCUT2D eigenvalue weighted by atomic mass is 16.2. The third-order valence-corrected chi connectivity index (χ3v) is 9.73. The minimum absolute atomic E-state index is 0.101. The maximum absolute atomic E-state index is 13.4. The molecule has 0 amide bonds. The van der Waals surface area contributed by atoms with E-state index in [9.17, 15) is 9.59 Å². The molecule has 5 fully saturated rings. The topological polar surface area (TPSA) is 48.9 Å². The molecule has 5 heteroatoms. The van der Waals surface area contributed by atoms with Crippen molar-refractivity contribution in [3.63, 3.8) is 0 Å². The van der Waals surface area contributed by atoms with Crippen LogP contribution in [0.4, 0.5) is 0 Å². The third kappa shape index (κ3) is 0.876. The van der Waals surface area contributed by atoms with E-state index in [1.54, 1.807) is 0 Å². The van der Waals surface area contributed by atoms with Gasteiger partial charge in [-0.15, -0.1) is 0 Å². The lowest BCUT2D eigenvalue weighted by Crippen LogP contribution is -3.00. The van der Waals surface area contributed by atoms with Gasteiger partial charge in [0.2, 0.25) is 0 Å². The molecule has 1 aromatic carbocycles. The molecule has 5 nitrogen and oxygen atoms in total. The first-order chi connectivity index (χ1) is 12.7. The molecule has 2 bridgehead atoms. The van der Waals surface area contributed by atoms with E-state index in [1.807, 2.05) is 39.7 Å². The number of aromatic nitrogens is 3. The predicted molar refractivity (Wildman–Crippen MR) is 94.3 cm³/mol. The van der Waals surface area contributed by atoms with Gasteiger partial charge in [-0.1, -0.05) is 37.5 Å². The second kappa shape index (κ2) is 3.54. The first-order valence-electron chi connectivity index (χ1n) is 10.3. The Kier molecular flexibility index (Phi) is 1.79. The van der Waals surface area contributed by atoms with E-state index in [2.05, 4.69) is 0 Å². The van der Waals surface area contributed by atoms with Crippen LogP contribution >= 0.6 is 0 Å². The Morgan fingerprint density at radius 2 is 1.31 bits per heavy atom. The van der Waals surface area contributed by atoms with Crippen molar-refractivity contribution in [3.05, 3.63) is 51.3 Å². The molecule has 2 aromatic rings. The van der Waals surface area contributed by atoms with E-state index >= 15 is 0 Å². The standard InChI is InChI=1S/C21H21N3O2/c25-18-22(11-7-3-1-4-8-11)19(26)24-17-13-12-14-15(13)21(17)10-6-2-5-9-20(14,21)16(12)23(18)24/h1,3-4,7-8,12-17H,2,5-6,9-10H2/t12-,13-,14-,15-,16+,17+,20-,21+/m1/s1. The SMILES string of the molecule is O=c1n(-c2ccccc2)c(=O)n2n1[C@H]1[C@@H]3[C@@H]4[C@@H]5[C@@H]3[C@@]13CCCCC[C@]53[C@H]42. The molecular formula is C21H21N3O2. The zero-order chi connectivity index (χ0) is 17.0. The molecule has 9 rings (SSSR count). The van der Waals surface area contributed by atoms with Crippen LogP contribution in [0.3, 0.4) is 0 Å². The van der Waals surface area contributed by atoms with Crippen LogP contribution in [0.1, 0.15) is 44.2 Å². The highest BCUT2D eigenvalue weighted by molar-refractivity contribution is 5.48. The molecule has 0 radical (unpaired) electrons. The fourth-order valence-electron chi connectivity index (χ4n) is 9.52. The summed E-state index contributed by atoms with van der Waals surface area (Å²) in [5, 5.41) is 0. The molecule has 8 atom stereocenters. The molecule has 1 aromatic heterocycles. The van der Waals surface area contributed by atoms with Crippen molar-refractivity contribution >= 4 is 0 Å². The number of rotatable bonds is 1. The molecule has 2 aliphatic heterocycles. The van der Waals surface area contributed by atoms with Crippen LogP contribution in [0.25, 0.3) is 5.69 Å². The summed E-state index contributed by atoms with van der Waals surface area (Å²) in [5.74, 6) is 3.13. The van der Waals surface area contributed by atoms with Crippen LogP contribution in [0.5, 0.6) is 0 Å². The van der Waals surface area contributed by atoms with Crippen LogP contribution in [0.2, 0.25) is 0 Å². The number of hydrogen-bond donors (Lipinski definition) is 0. The molecule has 132 valence electrons. The van der Waals surface area contributed by atoms with Gasteiger partial charge in [-0.05, 0) is 48.6 Å². The van der Waals surface area contributed by atoms with Gasteiger partial charge in [0, 0.05) is 10.8 Å². The van der Waals surface area contributed by atoms with Crippen LogP contribution < -0.4 is 11.4 Å². The minimum Gasteiger partial charge on any atom is -0.245 e. The molecule has 3 heterocycles. The Hall–Kier alpha value is -2.04. The largest absolute Gasteiger partial charge is 0.352 e. The van der Waals surface area contributed by atoms with E-state index in [0.717, 1.165) is 11.8 Å². The fraction of sp³-hybridized carbons (Fsp3) is 0.619. The molecule has 26 heavy (non-hydrogen) atoms. The van der Waals surface area contributed by atoms with Crippen molar-refractivity contribution in [1.82, 2.24) is 13.9 Å². The number of benzene rings is 1. The zero-order valence-electron chi connectivity index (χ0n) is 14.5. The summed E-state index contributed by atoms with van der Waals surface area (Å²) in [7, 11) is 0. The lowest BCUT2D eigenvalue weighted by atomic mass is 9.05. The Balaban J connectivity index is 1.44. The van der Waals surface area contributed by atoms with Crippen molar-refractivity contribution in [2.24, 2.45) is 34.5 Å². The summed E-state index contributed by atoms with van der Waals surface area (Å²) in [6.45, 7) is 0. The summed E-state index contributed by atoms with van der Waals surface area (Å²) in [6.07, 6.45) is 6.52. The summed E-state index contributed by atoms with van der Waals surface area (Å²) in [5.41, 5.74) is 1.22. The van der Waals surface area contributed by atoms with Crippen molar-refractivity contribution in [1.29, 1.82) is 0 Å². The highest BCUT2D eigenvalue weighted by Crippen LogP contribution is 3.03. The number of nitrogens with zero attached hydrogens (tertiary/aromatic N) is 3. The van der Waals surface area contributed by atoms with Gasteiger partial charge in [0.25, 0.3) is 0 Å². The maximum Gasteiger partial charge on any atom is 0.352 e. The summed E-state index contributed by atoms with van der Waals surface area (Å²) in [4.78, 5) is 26.8. The summed E-state index contributed by atoms with van der Waals surface area (Å²) < 4.78 is 5.28. The molecule has 0 unspecified atom stereocenters. The molecule has 0 saturated heterocycles. The highest BCUT2D eigenvalue weighted by Gasteiger charge is 3.02. The van der Waals surface area contributed by atoms with E-state index in [-0.39, 0.29) is 11.4 Å². The number of para-hydroxylation sites is 1. The summed E-state index contributed by atoms with van der Waals surface area (Å²) >= 11 is 0. The Morgan fingerprint density at radius 3 is 1.85 bits per heavy atom. The first kappa shape index (κ1) is 13.2. The average Bonchev–Trinajstić information content (AvgIpc) is 2.78. The third-order valence-electron chi connectivity index (χ3n) is 9.73. The summed E-state index contributed by atoms with van der Waals surface area (Å²) in [6, 6.07) is 10.1. The maximum atomic E-state index is 13.4.